The molecule has 0 aliphatic carbocycles. The summed E-state index contributed by atoms with van der Waals surface area (Å²) in [6, 6.07) is 6.65. The van der Waals surface area contributed by atoms with Crippen LogP contribution in [0.3, 0.4) is 0 Å². The summed E-state index contributed by atoms with van der Waals surface area (Å²) in [6.07, 6.45) is 1.38. The van der Waals surface area contributed by atoms with Gasteiger partial charge in [0.1, 0.15) is 6.04 Å². The van der Waals surface area contributed by atoms with Gasteiger partial charge in [-0.3, -0.25) is 14.9 Å². The van der Waals surface area contributed by atoms with Crippen LogP contribution < -0.4 is 15.4 Å². The molecule has 1 aromatic rings. The highest BCUT2D eigenvalue weighted by atomic mass is 32.2. The Balaban J connectivity index is 2.48. The fraction of sp³-hybridized carbons (Fsp3) is 0.353. The predicted octanol–water partition coefficient (Wildman–Crippen LogP) is 0.743. The lowest BCUT2D eigenvalue weighted by Gasteiger charge is -2.12. The van der Waals surface area contributed by atoms with Crippen molar-refractivity contribution in [3.63, 3.8) is 0 Å². The summed E-state index contributed by atoms with van der Waals surface area (Å²) in [7, 11) is -3.89. The number of benzene rings is 1. The minimum Gasteiger partial charge on any atom is -0.454 e. The molecule has 1 atom stereocenters. The maximum atomic E-state index is 12.0. The van der Waals surface area contributed by atoms with Gasteiger partial charge in [-0.1, -0.05) is 30.3 Å². The number of ether oxygens (including phenoxy) is 1. The molecule has 3 amide bonds. The molecule has 0 fully saturated rings. The third kappa shape index (κ3) is 9.52. The number of imide groups is 1. The largest absolute Gasteiger partial charge is 0.454 e. The van der Waals surface area contributed by atoms with Crippen LogP contribution in [0.2, 0.25) is 0 Å². The third-order valence-corrected chi connectivity index (χ3v) is 4.13. The van der Waals surface area contributed by atoms with Gasteiger partial charge in [0.15, 0.2) is 6.61 Å². The number of esters is 1. The van der Waals surface area contributed by atoms with Gasteiger partial charge in [0.05, 0.1) is 0 Å². The SMILES string of the molecule is CC(C)NC(=O)NC(=O)COC(=O)[C@H](C)NS(=O)(=O)/C=C/c1ccccc1. The molecule has 0 unspecified atom stereocenters. The first-order valence-electron chi connectivity index (χ1n) is 8.11. The molecule has 0 heterocycles. The molecule has 1 aromatic carbocycles. The normalized spacial score (nSPS) is 12.6. The van der Waals surface area contributed by atoms with Crippen LogP contribution in [-0.2, 0) is 24.3 Å². The molecule has 27 heavy (non-hydrogen) atoms. The van der Waals surface area contributed by atoms with Gasteiger partial charge in [-0.25, -0.2) is 13.2 Å². The topological polar surface area (TPSA) is 131 Å². The van der Waals surface area contributed by atoms with E-state index in [1.807, 2.05) is 5.32 Å². The number of nitrogens with one attached hydrogen (secondary N) is 3. The zero-order valence-electron chi connectivity index (χ0n) is 15.3. The van der Waals surface area contributed by atoms with E-state index in [4.69, 9.17) is 4.74 Å². The summed E-state index contributed by atoms with van der Waals surface area (Å²) in [5, 5.41) is 5.33. The maximum Gasteiger partial charge on any atom is 0.324 e. The lowest BCUT2D eigenvalue weighted by molar-refractivity contribution is -0.149. The average molecular weight is 397 g/mol. The molecule has 1 rings (SSSR count). The van der Waals surface area contributed by atoms with Gasteiger partial charge in [0, 0.05) is 11.4 Å². The van der Waals surface area contributed by atoms with E-state index in [9.17, 15) is 22.8 Å². The van der Waals surface area contributed by atoms with Crippen molar-refractivity contribution in [3.8, 4) is 0 Å². The third-order valence-electron chi connectivity index (χ3n) is 2.95. The smallest absolute Gasteiger partial charge is 0.324 e. The first kappa shape index (κ1) is 22.3. The van der Waals surface area contributed by atoms with Gasteiger partial charge in [0.2, 0.25) is 10.0 Å². The molecule has 10 heteroatoms. The highest BCUT2D eigenvalue weighted by Gasteiger charge is 2.21. The molecule has 148 valence electrons. The fourth-order valence-corrected chi connectivity index (χ4v) is 2.79. The van der Waals surface area contributed by atoms with E-state index >= 15 is 0 Å². The van der Waals surface area contributed by atoms with E-state index in [0.717, 1.165) is 5.41 Å². The lowest BCUT2D eigenvalue weighted by atomic mass is 10.2. The van der Waals surface area contributed by atoms with Crippen molar-refractivity contribution >= 4 is 34.0 Å². The number of hydrogen-bond acceptors (Lipinski definition) is 6. The molecule has 0 saturated heterocycles. The molecule has 0 saturated carbocycles. The molecular formula is C17H23N3O6S. The van der Waals surface area contributed by atoms with Crippen molar-refractivity contribution in [2.45, 2.75) is 32.9 Å². The second kappa shape index (κ2) is 10.4. The lowest BCUT2D eigenvalue weighted by Crippen LogP contribution is -2.45. The van der Waals surface area contributed by atoms with Gasteiger partial charge >= 0.3 is 12.0 Å². The Labute approximate surface area is 158 Å². The van der Waals surface area contributed by atoms with Gasteiger partial charge in [-0.15, -0.1) is 0 Å². The van der Waals surface area contributed by atoms with Crippen LogP contribution >= 0.6 is 0 Å². The van der Waals surface area contributed by atoms with Crippen LogP contribution in [0.5, 0.6) is 0 Å². The fourth-order valence-electron chi connectivity index (χ4n) is 1.79. The minimum absolute atomic E-state index is 0.168. The second-order valence-corrected chi connectivity index (χ2v) is 7.48. The summed E-state index contributed by atoms with van der Waals surface area (Å²) in [5.41, 5.74) is 0.675. The van der Waals surface area contributed by atoms with Crippen LogP contribution in [0.4, 0.5) is 4.79 Å². The highest BCUT2D eigenvalue weighted by molar-refractivity contribution is 7.92. The van der Waals surface area contributed by atoms with Crippen molar-refractivity contribution < 1.29 is 27.5 Å². The van der Waals surface area contributed by atoms with Crippen LogP contribution in [-0.4, -0.2) is 45.0 Å². The van der Waals surface area contributed by atoms with Crippen LogP contribution in [0, 0.1) is 0 Å². The molecule has 0 aliphatic rings. The van der Waals surface area contributed by atoms with Crippen LogP contribution in [0.25, 0.3) is 6.08 Å². The van der Waals surface area contributed by atoms with Crippen molar-refractivity contribution in [3.05, 3.63) is 41.3 Å². The minimum atomic E-state index is -3.89. The Hall–Kier alpha value is -2.72. The second-order valence-electron chi connectivity index (χ2n) is 5.88. The number of sulfonamides is 1. The van der Waals surface area contributed by atoms with Crippen molar-refractivity contribution in [2.24, 2.45) is 0 Å². The summed E-state index contributed by atoms with van der Waals surface area (Å²) >= 11 is 0. The van der Waals surface area contributed by atoms with E-state index in [1.165, 1.54) is 13.0 Å². The van der Waals surface area contributed by atoms with Gasteiger partial charge in [0.25, 0.3) is 5.91 Å². The molecule has 0 aliphatic heterocycles. The van der Waals surface area contributed by atoms with Crippen molar-refractivity contribution in [1.82, 2.24) is 15.4 Å². The summed E-state index contributed by atoms with van der Waals surface area (Å²) in [5.74, 6) is -1.79. The zero-order chi connectivity index (χ0) is 20.4. The number of rotatable bonds is 8. The van der Waals surface area contributed by atoms with E-state index in [0.29, 0.717) is 5.56 Å². The first-order valence-corrected chi connectivity index (χ1v) is 9.66. The molecule has 3 N–H and O–H groups in total. The summed E-state index contributed by atoms with van der Waals surface area (Å²) < 4.78 is 30.7. The van der Waals surface area contributed by atoms with E-state index in [-0.39, 0.29) is 6.04 Å². The molecule has 0 radical (unpaired) electrons. The molecule has 0 aromatic heterocycles. The van der Waals surface area contributed by atoms with E-state index in [2.05, 4.69) is 10.0 Å². The van der Waals surface area contributed by atoms with Crippen LogP contribution in [0.15, 0.2) is 35.7 Å². The van der Waals surface area contributed by atoms with Gasteiger partial charge in [-0.2, -0.15) is 4.72 Å². The van der Waals surface area contributed by atoms with Gasteiger partial charge in [-0.05, 0) is 32.4 Å². The summed E-state index contributed by atoms with van der Waals surface area (Å²) in [6.45, 7) is 3.99. The Morgan fingerprint density at radius 1 is 1.11 bits per heavy atom. The number of hydrogen-bond donors (Lipinski definition) is 3. The Bertz CT molecular complexity index is 790. The number of urea groups is 1. The quantitative estimate of drug-likeness (QED) is 0.555. The number of carbonyl (C=O) groups excluding carboxylic acids is 3. The van der Waals surface area contributed by atoms with E-state index < -0.39 is 40.6 Å². The Kier molecular flexibility index (Phi) is 8.63. The van der Waals surface area contributed by atoms with Crippen molar-refractivity contribution in [2.75, 3.05) is 6.61 Å². The summed E-state index contributed by atoms with van der Waals surface area (Å²) in [4.78, 5) is 34.7. The van der Waals surface area contributed by atoms with Crippen LogP contribution in [0.1, 0.15) is 26.3 Å². The molecule has 9 nitrogen and oxygen atoms in total. The first-order chi connectivity index (χ1) is 12.6. The molecule has 0 spiro atoms. The maximum absolute atomic E-state index is 12.0. The highest BCUT2D eigenvalue weighted by Crippen LogP contribution is 2.03. The van der Waals surface area contributed by atoms with Gasteiger partial charge < -0.3 is 10.1 Å². The van der Waals surface area contributed by atoms with E-state index in [1.54, 1.807) is 44.2 Å². The average Bonchev–Trinajstić information content (AvgIpc) is 2.57. The molecule has 0 bridgehead atoms. The Morgan fingerprint density at radius 3 is 2.33 bits per heavy atom. The monoisotopic (exact) mass is 397 g/mol. The number of carbonyl (C=O) groups is 3. The Morgan fingerprint density at radius 2 is 1.74 bits per heavy atom. The number of amides is 3. The molecular weight excluding hydrogens is 374 g/mol. The zero-order valence-corrected chi connectivity index (χ0v) is 16.1. The van der Waals surface area contributed by atoms with Crippen molar-refractivity contribution in [1.29, 1.82) is 0 Å². The predicted molar refractivity (Wildman–Crippen MR) is 99.8 cm³/mol. The standard InChI is InChI=1S/C17H23N3O6S/c1-12(2)18-17(23)19-15(21)11-26-16(22)13(3)20-27(24,25)10-9-14-7-5-4-6-8-14/h4-10,12-13,20H,11H2,1-3H3,(H2,18,19,21,23)/b10-9+/t13-/m0/s1.